The summed E-state index contributed by atoms with van der Waals surface area (Å²) in [7, 11) is 0. The van der Waals surface area contributed by atoms with Gasteiger partial charge in [0.2, 0.25) is 0 Å². The molecule has 0 aliphatic carbocycles. The van der Waals surface area contributed by atoms with E-state index in [-0.39, 0.29) is 6.42 Å². The van der Waals surface area contributed by atoms with E-state index in [1.54, 1.807) is 6.92 Å². The molecule has 0 aliphatic rings. The molecule has 0 fully saturated rings. The summed E-state index contributed by atoms with van der Waals surface area (Å²) in [5.41, 5.74) is 0. The lowest BCUT2D eigenvalue weighted by Crippen LogP contribution is -1.93. The summed E-state index contributed by atoms with van der Waals surface area (Å²) >= 11 is 0. The average Bonchev–Trinajstić information content (AvgIpc) is 3.03. The Hall–Kier alpha value is -1.32. The van der Waals surface area contributed by atoms with Crippen LogP contribution in [-0.4, -0.2) is 20.6 Å². The van der Waals surface area contributed by atoms with Crippen molar-refractivity contribution >= 4 is 5.97 Å². The van der Waals surface area contributed by atoms with Crippen molar-refractivity contribution in [1.29, 1.82) is 0 Å². The molecule has 1 aromatic rings. The van der Waals surface area contributed by atoms with Crippen LogP contribution in [0.2, 0.25) is 0 Å². The van der Waals surface area contributed by atoms with Gasteiger partial charge < -0.3 is 9.67 Å². The molecule has 1 heterocycles. The third kappa shape index (κ3) is 15.1. The van der Waals surface area contributed by atoms with Crippen molar-refractivity contribution in [3.63, 3.8) is 0 Å². The molecule has 22 heavy (non-hydrogen) atoms. The second-order valence-corrected chi connectivity index (χ2v) is 5.73. The van der Waals surface area contributed by atoms with E-state index in [1.807, 2.05) is 18.7 Å². The number of carboxylic acids is 1. The molecule has 0 spiro atoms. The number of aromatic nitrogens is 2. The third-order valence-electron chi connectivity index (χ3n) is 3.63. The molecule has 0 aromatic carbocycles. The van der Waals surface area contributed by atoms with E-state index in [0.717, 1.165) is 6.54 Å². The van der Waals surface area contributed by atoms with Gasteiger partial charge in [-0.25, -0.2) is 4.98 Å². The van der Waals surface area contributed by atoms with Crippen LogP contribution < -0.4 is 0 Å². The topological polar surface area (TPSA) is 55.1 Å². The number of carbonyl (C=O) groups is 1. The van der Waals surface area contributed by atoms with E-state index >= 15 is 0 Å². The number of hydrogen-bond donors (Lipinski definition) is 1. The Balaban J connectivity index is 0.000000763. The lowest BCUT2D eigenvalue weighted by Gasteiger charge is -2.03. The summed E-state index contributed by atoms with van der Waals surface area (Å²) in [5.74, 6) is -0.745. The van der Waals surface area contributed by atoms with Crippen molar-refractivity contribution in [3.05, 3.63) is 18.7 Å². The Kier molecular flexibility index (Phi) is 15.1. The first-order chi connectivity index (χ1) is 10.7. The van der Waals surface area contributed by atoms with Gasteiger partial charge in [0.1, 0.15) is 0 Å². The normalized spacial score (nSPS) is 10.1. The van der Waals surface area contributed by atoms with Crippen LogP contribution in [-0.2, 0) is 11.3 Å². The minimum absolute atomic E-state index is 0.222. The zero-order valence-corrected chi connectivity index (χ0v) is 14.5. The largest absolute Gasteiger partial charge is 0.481 e. The number of rotatable bonds is 12. The van der Waals surface area contributed by atoms with Crippen molar-refractivity contribution in [2.45, 2.75) is 91.0 Å². The Morgan fingerprint density at radius 2 is 1.45 bits per heavy atom. The summed E-state index contributed by atoms with van der Waals surface area (Å²) in [6.45, 7) is 5.01. The molecule has 0 radical (unpaired) electrons. The Morgan fingerprint density at radius 3 is 1.86 bits per heavy atom. The smallest absolute Gasteiger partial charge is 0.303 e. The number of aliphatic carboxylic acids is 1. The molecular weight excluding hydrogens is 276 g/mol. The molecular formula is C18H34N2O2. The summed E-state index contributed by atoms with van der Waals surface area (Å²) in [6, 6.07) is 0. The van der Waals surface area contributed by atoms with E-state index in [9.17, 15) is 4.79 Å². The van der Waals surface area contributed by atoms with Crippen LogP contribution in [0.15, 0.2) is 18.7 Å². The molecule has 1 rings (SSSR count). The maximum Gasteiger partial charge on any atom is 0.303 e. The van der Waals surface area contributed by atoms with Crippen LogP contribution in [0, 0.1) is 0 Å². The molecule has 0 saturated carbocycles. The molecule has 128 valence electrons. The predicted octanol–water partition coefficient (Wildman–Crippen LogP) is 5.29. The summed E-state index contributed by atoms with van der Waals surface area (Å²) in [5, 5.41) is 7.72. The molecule has 1 N–H and O–H groups in total. The first kappa shape index (κ1) is 20.7. The lowest BCUT2D eigenvalue weighted by molar-refractivity contribution is -0.136. The van der Waals surface area contributed by atoms with Crippen molar-refractivity contribution in [3.8, 4) is 0 Å². The van der Waals surface area contributed by atoms with Gasteiger partial charge in [-0.1, -0.05) is 71.6 Å². The van der Waals surface area contributed by atoms with Crippen LogP contribution >= 0.6 is 0 Å². The zero-order chi connectivity index (χ0) is 16.5. The van der Waals surface area contributed by atoms with Gasteiger partial charge in [0, 0.05) is 25.4 Å². The summed E-state index contributed by atoms with van der Waals surface area (Å²) in [6.07, 6.45) is 20.1. The van der Waals surface area contributed by atoms with Gasteiger partial charge in [-0.05, 0) is 6.42 Å². The van der Waals surface area contributed by atoms with E-state index < -0.39 is 5.97 Å². The van der Waals surface area contributed by atoms with Crippen LogP contribution in [0.3, 0.4) is 0 Å². The second kappa shape index (κ2) is 16.1. The molecule has 0 amide bonds. The third-order valence-corrected chi connectivity index (χ3v) is 3.63. The Bertz CT molecular complexity index is 337. The number of nitrogens with zero attached hydrogens (tertiary/aromatic N) is 2. The van der Waals surface area contributed by atoms with E-state index in [1.165, 1.54) is 64.2 Å². The van der Waals surface area contributed by atoms with Gasteiger partial charge >= 0.3 is 5.97 Å². The molecule has 0 unspecified atom stereocenters. The summed E-state index contributed by atoms with van der Waals surface area (Å²) in [4.78, 5) is 13.4. The highest BCUT2D eigenvalue weighted by atomic mass is 16.4. The maximum atomic E-state index is 9.37. The standard InChI is InChI=1S/C15H28N2.C3H6O2/c1-2-3-4-5-6-7-8-9-10-11-13-17-14-12-16-15-17;1-2-3(4)5/h12,14-15H,2-11,13H2,1H3;2H2,1H3,(H,4,5). The van der Waals surface area contributed by atoms with Crippen molar-refractivity contribution in [2.24, 2.45) is 0 Å². The minimum atomic E-state index is -0.745. The quantitative estimate of drug-likeness (QED) is 0.534. The number of imidazole rings is 1. The highest BCUT2D eigenvalue weighted by molar-refractivity contribution is 5.66. The van der Waals surface area contributed by atoms with Gasteiger partial charge in [0.05, 0.1) is 6.33 Å². The second-order valence-electron chi connectivity index (χ2n) is 5.73. The van der Waals surface area contributed by atoms with Gasteiger partial charge in [0.25, 0.3) is 0 Å². The fourth-order valence-corrected chi connectivity index (χ4v) is 2.20. The molecule has 0 saturated heterocycles. The molecule has 0 bridgehead atoms. The minimum Gasteiger partial charge on any atom is -0.481 e. The number of hydrogen-bond acceptors (Lipinski definition) is 2. The molecule has 0 atom stereocenters. The maximum absolute atomic E-state index is 9.37. The highest BCUT2D eigenvalue weighted by Crippen LogP contribution is 2.10. The van der Waals surface area contributed by atoms with Gasteiger partial charge in [0.15, 0.2) is 0 Å². The zero-order valence-electron chi connectivity index (χ0n) is 14.5. The number of unbranched alkanes of at least 4 members (excludes halogenated alkanes) is 9. The average molecular weight is 310 g/mol. The first-order valence-corrected chi connectivity index (χ1v) is 8.88. The SMILES string of the molecule is CCC(=O)O.CCCCCCCCCCCCn1ccnc1. The fourth-order valence-electron chi connectivity index (χ4n) is 2.20. The summed E-state index contributed by atoms with van der Waals surface area (Å²) < 4.78 is 2.17. The van der Waals surface area contributed by atoms with E-state index in [4.69, 9.17) is 5.11 Å². The van der Waals surface area contributed by atoms with Crippen LogP contribution in [0.1, 0.15) is 84.5 Å². The van der Waals surface area contributed by atoms with Crippen LogP contribution in [0.4, 0.5) is 0 Å². The number of carboxylic acid groups (broad SMARTS) is 1. The van der Waals surface area contributed by atoms with Crippen LogP contribution in [0.25, 0.3) is 0 Å². The first-order valence-electron chi connectivity index (χ1n) is 8.88. The van der Waals surface area contributed by atoms with Crippen molar-refractivity contribution < 1.29 is 9.90 Å². The monoisotopic (exact) mass is 310 g/mol. The van der Waals surface area contributed by atoms with E-state index in [2.05, 4.69) is 16.5 Å². The van der Waals surface area contributed by atoms with Gasteiger partial charge in [-0.15, -0.1) is 0 Å². The molecule has 1 aromatic heterocycles. The number of aryl methyl sites for hydroxylation is 1. The molecule has 4 heteroatoms. The lowest BCUT2D eigenvalue weighted by atomic mass is 10.1. The Labute approximate surface area is 136 Å². The molecule has 0 aliphatic heterocycles. The van der Waals surface area contributed by atoms with Gasteiger partial charge in [-0.2, -0.15) is 0 Å². The Morgan fingerprint density at radius 1 is 0.955 bits per heavy atom. The fraction of sp³-hybridized carbons (Fsp3) is 0.778. The highest BCUT2D eigenvalue weighted by Gasteiger charge is 1.93. The van der Waals surface area contributed by atoms with Crippen molar-refractivity contribution in [1.82, 2.24) is 9.55 Å². The van der Waals surface area contributed by atoms with Crippen LogP contribution in [0.5, 0.6) is 0 Å². The van der Waals surface area contributed by atoms with E-state index in [0.29, 0.717) is 0 Å². The van der Waals surface area contributed by atoms with Gasteiger partial charge in [-0.3, -0.25) is 4.79 Å². The van der Waals surface area contributed by atoms with Crippen molar-refractivity contribution in [2.75, 3.05) is 0 Å². The predicted molar refractivity (Wildman–Crippen MR) is 92.0 cm³/mol. The molecule has 4 nitrogen and oxygen atoms in total.